The van der Waals surface area contributed by atoms with Crippen LogP contribution in [0.15, 0.2) is 11.6 Å². The number of aliphatic carboxylic acids is 1. The third-order valence-corrected chi connectivity index (χ3v) is 3.66. The molecule has 1 atom stereocenters. The average Bonchev–Trinajstić information content (AvgIpc) is 2.39. The number of hydrogen-bond donors (Lipinski definition) is 1. The molecule has 1 heterocycles. The molecule has 106 valence electrons. The molecule has 5 nitrogen and oxygen atoms in total. The highest BCUT2D eigenvalue weighted by Gasteiger charge is 2.26. The fourth-order valence-electron chi connectivity index (χ4n) is 2.64. The Balaban J connectivity index is 1.84. The maximum Gasteiger partial charge on any atom is 0.306 e. The quantitative estimate of drug-likeness (QED) is 0.785. The Morgan fingerprint density at radius 2 is 2.26 bits per heavy atom. The summed E-state index contributed by atoms with van der Waals surface area (Å²) in [6, 6.07) is 0. The van der Waals surface area contributed by atoms with Gasteiger partial charge in [0.2, 0.25) is 5.91 Å². The summed E-state index contributed by atoms with van der Waals surface area (Å²) in [5.74, 6) is -0.777. The van der Waals surface area contributed by atoms with Crippen molar-refractivity contribution >= 4 is 11.9 Å². The number of allylic oxidation sites excluding steroid dienone is 1. The van der Waals surface area contributed by atoms with Crippen LogP contribution in [-0.2, 0) is 14.3 Å². The lowest BCUT2D eigenvalue weighted by Gasteiger charge is -2.32. The van der Waals surface area contributed by atoms with Gasteiger partial charge in [-0.15, -0.1) is 0 Å². The van der Waals surface area contributed by atoms with Crippen molar-refractivity contribution in [3.05, 3.63) is 11.6 Å². The number of nitrogens with zero attached hydrogens (tertiary/aromatic N) is 1. The van der Waals surface area contributed by atoms with Crippen LogP contribution in [0.4, 0.5) is 0 Å². The largest absolute Gasteiger partial charge is 0.481 e. The van der Waals surface area contributed by atoms with E-state index in [9.17, 15) is 9.59 Å². The highest BCUT2D eigenvalue weighted by atomic mass is 16.5. The van der Waals surface area contributed by atoms with Crippen molar-refractivity contribution < 1.29 is 19.4 Å². The maximum atomic E-state index is 12.2. The molecule has 5 heteroatoms. The van der Waals surface area contributed by atoms with Crippen molar-refractivity contribution in [1.82, 2.24) is 4.90 Å². The minimum atomic E-state index is -0.880. The molecule has 2 aliphatic rings. The van der Waals surface area contributed by atoms with Crippen LogP contribution in [0.2, 0.25) is 0 Å². The van der Waals surface area contributed by atoms with Gasteiger partial charge in [-0.05, 0) is 25.7 Å². The number of carbonyl (C=O) groups excluding carboxylic acids is 1. The molecule has 1 aliphatic carbocycles. The highest BCUT2D eigenvalue weighted by molar-refractivity contribution is 5.79. The van der Waals surface area contributed by atoms with Gasteiger partial charge >= 0.3 is 5.97 Å². The van der Waals surface area contributed by atoms with Crippen molar-refractivity contribution in [3.63, 3.8) is 0 Å². The number of amides is 1. The zero-order valence-electron chi connectivity index (χ0n) is 11.1. The fourth-order valence-corrected chi connectivity index (χ4v) is 2.64. The average molecular weight is 267 g/mol. The molecule has 0 spiro atoms. The predicted molar refractivity (Wildman–Crippen MR) is 69.7 cm³/mol. The lowest BCUT2D eigenvalue weighted by molar-refractivity contribution is -0.147. The molecular weight excluding hydrogens is 246 g/mol. The zero-order chi connectivity index (χ0) is 13.7. The van der Waals surface area contributed by atoms with E-state index in [0.717, 1.165) is 12.8 Å². The number of morpholine rings is 1. The van der Waals surface area contributed by atoms with Gasteiger partial charge in [0.25, 0.3) is 0 Å². The van der Waals surface area contributed by atoms with E-state index in [1.54, 1.807) is 4.90 Å². The van der Waals surface area contributed by atoms with Crippen LogP contribution in [0.5, 0.6) is 0 Å². The second-order valence-corrected chi connectivity index (χ2v) is 5.22. The molecule has 19 heavy (non-hydrogen) atoms. The molecule has 0 aromatic carbocycles. The number of ether oxygens (including phenoxy) is 1. The Kier molecular flexibility index (Phi) is 4.96. The first-order valence-corrected chi connectivity index (χ1v) is 6.94. The molecule has 0 aromatic rings. The molecule has 1 N–H and O–H groups in total. The van der Waals surface area contributed by atoms with Gasteiger partial charge in [-0.2, -0.15) is 0 Å². The van der Waals surface area contributed by atoms with E-state index in [-0.39, 0.29) is 18.4 Å². The lowest BCUT2D eigenvalue weighted by atomic mass is 9.96. The summed E-state index contributed by atoms with van der Waals surface area (Å²) in [4.78, 5) is 24.6. The van der Waals surface area contributed by atoms with Gasteiger partial charge in [0.1, 0.15) is 0 Å². The van der Waals surface area contributed by atoms with Gasteiger partial charge in [-0.3, -0.25) is 9.59 Å². The van der Waals surface area contributed by atoms with E-state index in [2.05, 4.69) is 6.08 Å². The normalized spacial score (nSPS) is 23.9. The Morgan fingerprint density at radius 1 is 1.42 bits per heavy atom. The topological polar surface area (TPSA) is 66.8 Å². The number of rotatable bonds is 4. The van der Waals surface area contributed by atoms with E-state index in [1.807, 2.05) is 0 Å². The molecule has 0 aromatic heterocycles. The van der Waals surface area contributed by atoms with Gasteiger partial charge in [0, 0.05) is 19.5 Å². The lowest BCUT2D eigenvalue weighted by Crippen LogP contribution is -2.46. The zero-order valence-corrected chi connectivity index (χ0v) is 11.1. The van der Waals surface area contributed by atoms with Gasteiger partial charge < -0.3 is 14.7 Å². The summed E-state index contributed by atoms with van der Waals surface area (Å²) in [5.41, 5.74) is 1.23. The van der Waals surface area contributed by atoms with Gasteiger partial charge in [0.05, 0.1) is 19.1 Å². The van der Waals surface area contributed by atoms with Crippen LogP contribution in [0.1, 0.15) is 38.5 Å². The van der Waals surface area contributed by atoms with Crippen LogP contribution >= 0.6 is 0 Å². The first-order chi connectivity index (χ1) is 9.15. The van der Waals surface area contributed by atoms with E-state index >= 15 is 0 Å². The van der Waals surface area contributed by atoms with Crippen LogP contribution in [-0.4, -0.2) is 47.7 Å². The first kappa shape index (κ1) is 14.1. The van der Waals surface area contributed by atoms with E-state index in [1.165, 1.54) is 18.4 Å². The van der Waals surface area contributed by atoms with Crippen molar-refractivity contribution in [2.75, 3.05) is 19.7 Å². The van der Waals surface area contributed by atoms with Crippen molar-refractivity contribution in [3.8, 4) is 0 Å². The van der Waals surface area contributed by atoms with Crippen LogP contribution in [0, 0.1) is 0 Å². The minimum absolute atomic E-state index is 0.0352. The number of carbonyl (C=O) groups is 2. The van der Waals surface area contributed by atoms with Gasteiger partial charge in [0.15, 0.2) is 0 Å². The van der Waals surface area contributed by atoms with Crippen LogP contribution in [0.3, 0.4) is 0 Å². The fraction of sp³-hybridized carbons (Fsp3) is 0.714. The van der Waals surface area contributed by atoms with E-state index in [0.29, 0.717) is 26.1 Å². The third-order valence-electron chi connectivity index (χ3n) is 3.66. The maximum absolute atomic E-state index is 12.2. The molecule has 1 fully saturated rings. The standard InChI is InChI=1S/C14H21NO4/c16-13(8-11-4-2-1-3-5-11)15-6-7-19-12(10-15)9-14(17)18/h4,12H,1-3,5-10H2,(H,17,18)/t12-/m0/s1. The Labute approximate surface area is 113 Å². The second kappa shape index (κ2) is 6.70. The smallest absolute Gasteiger partial charge is 0.306 e. The van der Waals surface area contributed by atoms with Crippen molar-refractivity contribution in [2.24, 2.45) is 0 Å². The second-order valence-electron chi connectivity index (χ2n) is 5.22. The molecule has 1 amide bonds. The number of carboxylic acid groups (broad SMARTS) is 1. The summed E-state index contributed by atoms with van der Waals surface area (Å²) in [5, 5.41) is 8.76. The molecule has 2 rings (SSSR count). The minimum Gasteiger partial charge on any atom is -0.481 e. The molecular formula is C14H21NO4. The number of carboxylic acids is 1. The summed E-state index contributed by atoms with van der Waals surface area (Å²) >= 11 is 0. The molecule has 0 bridgehead atoms. The highest BCUT2D eigenvalue weighted by Crippen LogP contribution is 2.21. The summed E-state index contributed by atoms with van der Waals surface area (Å²) in [6.07, 6.45) is 6.75. The predicted octanol–water partition coefficient (Wildman–Crippen LogP) is 1.58. The third kappa shape index (κ3) is 4.35. The summed E-state index contributed by atoms with van der Waals surface area (Å²) in [7, 11) is 0. The van der Waals surface area contributed by atoms with Gasteiger partial charge in [-0.25, -0.2) is 0 Å². The molecule has 1 saturated heterocycles. The van der Waals surface area contributed by atoms with Crippen LogP contribution < -0.4 is 0 Å². The van der Waals surface area contributed by atoms with E-state index < -0.39 is 5.97 Å². The van der Waals surface area contributed by atoms with E-state index in [4.69, 9.17) is 9.84 Å². The first-order valence-electron chi connectivity index (χ1n) is 6.94. The van der Waals surface area contributed by atoms with Crippen molar-refractivity contribution in [2.45, 2.75) is 44.6 Å². The number of hydrogen-bond acceptors (Lipinski definition) is 3. The Hall–Kier alpha value is -1.36. The molecule has 1 aliphatic heterocycles. The van der Waals surface area contributed by atoms with Crippen LogP contribution in [0.25, 0.3) is 0 Å². The molecule has 0 unspecified atom stereocenters. The van der Waals surface area contributed by atoms with Gasteiger partial charge in [-0.1, -0.05) is 11.6 Å². The monoisotopic (exact) mass is 267 g/mol. The molecule has 0 saturated carbocycles. The Bertz CT molecular complexity index is 378. The summed E-state index contributed by atoms with van der Waals surface area (Å²) in [6.45, 7) is 1.41. The van der Waals surface area contributed by atoms with Crippen molar-refractivity contribution in [1.29, 1.82) is 0 Å². The molecule has 0 radical (unpaired) electrons. The summed E-state index contributed by atoms with van der Waals surface area (Å²) < 4.78 is 5.37. The SMILES string of the molecule is O=C(O)C[C@H]1CN(C(=O)CC2=CCCCC2)CCO1. The Morgan fingerprint density at radius 3 is 2.95 bits per heavy atom.